The summed E-state index contributed by atoms with van der Waals surface area (Å²) in [5.74, 6) is -0.451. The topological polar surface area (TPSA) is 115 Å². The molecule has 0 radical (unpaired) electrons. The second kappa shape index (κ2) is 7.53. The number of carbonyl (C=O) groups is 1. The minimum Gasteiger partial charge on any atom is -0.464 e. The number of esters is 1. The largest absolute Gasteiger partial charge is 0.464 e. The normalized spacial score (nSPS) is 12.0. The van der Waals surface area contributed by atoms with Crippen molar-refractivity contribution in [2.75, 3.05) is 19.0 Å². The second-order valence-electron chi connectivity index (χ2n) is 4.98. The molecule has 2 N–H and O–H groups in total. The van der Waals surface area contributed by atoms with Crippen molar-refractivity contribution in [1.29, 1.82) is 0 Å². The van der Waals surface area contributed by atoms with Crippen LogP contribution >= 0.6 is 0 Å². The van der Waals surface area contributed by atoms with E-state index in [2.05, 4.69) is 15.0 Å². The summed E-state index contributed by atoms with van der Waals surface area (Å²) >= 11 is 0. The van der Waals surface area contributed by atoms with Crippen molar-refractivity contribution in [3.63, 3.8) is 0 Å². The molecule has 1 atom stereocenters. The number of rotatable bonds is 7. The quantitative estimate of drug-likeness (QED) is 0.446. The van der Waals surface area contributed by atoms with E-state index in [4.69, 9.17) is 0 Å². The van der Waals surface area contributed by atoms with Gasteiger partial charge in [0.05, 0.1) is 18.1 Å². The number of pyridine rings is 1. The lowest BCUT2D eigenvalue weighted by Gasteiger charge is -2.14. The number of ether oxygens (including phenoxy) is 1. The number of nitrogens with one attached hydrogen (secondary N) is 1. The SMILES string of the molecule is COC(=O)c1ccc([N+](=O)[O-])c(NCC(O)CC(C)C)n1. The Labute approximate surface area is 122 Å². The number of aliphatic hydroxyl groups excluding tert-OH is 1. The van der Waals surface area contributed by atoms with Crippen LogP contribution in [0.5, 0.6) is 0 Å². The van der Waals surface area contributed by atoms with Crippen molar-refractivity contribution in [3.8, 4) is 0 Å². The molecule has 0 saturated heterocycles. The molecule has 8 heteroatoms. The molecule has 0 amide bonds. The molecule has 0 fully saturated rings. The first kappa shape index (κ1) is 16.8. The summed E-state index contributed by atoms with van der Waals surface area (Å²) in [5, 5.41) is 23.4. The number of methoxy groups -OCH3 is 1. The number of carbonyl (C=O) groups excluding carboxylic acids is 1. The van der Waals surface area contributed by atoms with Gasteiger partial charge in [-0.1, -0.05) is 13.8 Å². The molecule has 1 unspecified atom stereocenters. The number of aromatic nitrogens is 1. The first-order chi connectivity index (χ1) is 9.85. The Bertz CT molecular complexity index is 519. The molecule has 1 aromatic heterocycles. The fraction of sp³-hybridized carbons (Fsp3) is 0.538. The van der Waals surface area contributed by atoms with E-state index in [1.807, 2.05) is 13.8 Å². The highest BCUT2D eigenvalue weighted by atomic mass is 16.6. The van der Waals surface area contributed by atoms with Crippen LogP contribution in [0, 0.1) is 16.0 Å². The van der Waals surface area contributed by atoms with Crippen LogP contribution in [0.15, 0.2) is 12.1 Å². The van der Waals surface area contributed by atoms with Gasteiger partial charge in [-0.3, -0.25) is 10.1 Å². The van der Waals surface area contributed by atoms with Crippen molar-refractivity contribution in [3.05, 3.63) is 27.9 Å². The van der Waals surface area contributed by atoms with Gasteiger partial charge in [0.1, 0.15) is 0 Å². The van der Waals surface area contributed by atoms with Crippen molar-refractivity contribution in [2.45, 2.75) is 26.4 Å². The number of anilines is 1. The lowest BCUT2D eigenvalue weighted by molar-refractivity contribution is -0.384. The summed E-state index contributed by atoms with van der Waals surface area (Å²) in [6, 6.07) is 2.40. The number of aliphatic hydroxyl groups is 1. The zero-order valence-electron chi connectivity index (χ0n) is 12.2. The average Bonchev–Trinajstić information content (AvgIpc) is 2.43. The fourth-order valence-corrected chi connectivity index (χ4v) is 1.79. The van der Waals surface area contributed by atoms with Crippen LogP contribution in [0.4, 0.5) is 11.5 Å². The fourth-order valence-electron chi connectivity index (χ4n) is 1.79. The summed E-state index contributed by atoms with van der Waals surface area (Å²) in [6.07, 6.45) is -0.106. The Hall–Kier alpha value is -2.22. The molecule has 116 valence electrons. The van der Waals surface area contributed by atoms with Crippen LogP contribution in [-0.4, -0.2) is 40.7 Å². The molecule has 8 nitrogen and oxygen atoms in total. The van der Waals surface area contributed by atoms with Gasteiger partial charge in [-0.05, 0) is 18.4 Å². The third kappa shape index (κ3) is 4.99. The maximum absolute atomic E-state index is 11.4. The van der Waals surface area contributed by atoms with E-state index >= 15 is 0 Å². The van der Waals surface area contributed by atoms with Crippen molar-refractivity contribution >= 4 is 17.5 Å². The molecule has 0 bridgehead atoms. The van der Waals surface area contributed by atoms with Crippen LogP contribution in [0.3, 0.4) is 0 Å². The van der Waals surface area contributed by atoms with Gasteiger partial charge in [0.25, 0.3) is 0 Å². The van der Waals surface area contributed by atoms with Gasteiger partial charge >= 0.3 is 11.7 Å². The van der Waals surface area contributed by atoms with E-state index in [0.717, 1.165) is 0 Å². The highest BCUT2D eigenvalue weighted by Gasteiger charge is 2.19. The zero-order valence-corrected chi connectivity index (χ0v) is 12.2. The Morgan fingerprint density at radius 1 is 1.52 bits per heavy atom. The Morgan fingerprint density at radius 2 is 2.19 bits per heavy atom. The summed E-state index contributed by atoms with van der Waals surface area (Å²) < 4.78 is 4.52. The molecule has 0 saturated carbocycles. The van der Waals surface area contributed by atoms with E-state index in [9.17, 15) is 20.0 Å². The summed E-state index contributed by atoms with van der Waals surface area (Å²) in [6.45, 7) is 4.03. The molecule has 1 heterocycles. The lowest BCUT2D eigenvalue weighted by Crippen LogP contribution is -2.22. The van der Waals surface area contributed by atoms with E-state index in [-0.39, 0.29) is 23.7 Å². The number of nitrogens with zero attached hydrogens (tertiary/aromatic N) is 2. The molecular weight excluding hydrogens is 278 g/mol. The molecule has 1 aromatic rings. The Morgan fingerprint density at radius 3 is 2.71 bits per heavy atom. The molecule has 21 heavy (non-hydrogen) atoms. The molecule has 0 aromatic carbocycles. The second-order valence-corrected chi connectivity index (χ2v) is 4.98. The first-order valence-electron chi connectivity index (χ1n) is 6.50. The maximum atomic E-state index is 11.4. The van der Waals surface area contributed by atoms with E-state index in [1.165, 1.54) is 19.2 Å². The zero-order chi connectivity index (χ0) is 16.0. The van der Waals surface area contributed by atoms with Gasteiger partial charge < -0.3 is 15.2 Å². The maximum Gasteiger partial charge on any atom is 0.356 e. The van der Waals surface area contributed by atoms with Gasteiger partial charge in [-0.25, -0.2) is 9.78 Å². The van der Waals surface area contributed by atoms with Gasteiger partial charge in [-0.15, -0.1) is 0 Å². The van der Waals surface area contributed by atoms with Gasteiger partial charge in [0.2, 0.25) is 5.82 Å². The highest BCUT2D eigenvalue weighted by Crippen LogP contribution is 2.22. The number of nitro groups is 1. The van der Waals surface area contributed by atoms with Crippen LogP contribution in [-0.2, 0) is 4.74 Å². The average molecular weight is 297 g/mol. The predicted octanol–water partition coefficient (Wildman–Crippen LogP) is 1.60. The Balaban J connectivity index is 2.91. The third-order valence-electron chi connectivity index (χ3n) is 2.71. The van der Waals surface area contributed by atoms with E-state index in [1.54, 1.807) is 0 Å². The van der Waals surface area contributed by atoms with Crippen LogP contribution in [0.1, 0.15) is 30.8 Å². The van der Waals surface area contributed by atoms with Crippen LogP contribution in [0.2, 0.25) is 0 Å². The molecule has 0 aliphatic heterocycles. The van der Waals surface area contributed by atoms with Gasteiger partial charge in [0.15, 0.2) is 5.69 Å². The monoisotopic (exact) mass is 297 g/mol. The minimum atomic E-state index is -0.685. The first-order valence-corrected chi connectivity index (χ1v) is 6.50. The Kier molecular flexibility index (Phi) is 6.04. The van der Waals surface area contributed by atoms with E-state index < -0.39 is 17.0 Å². The number of hydrogen-bond donors (Lipinski definition) is 2. The lowest BCUT2D eigenvalue weighted by atomic mass is 10.1. The molecule has 0 aliphatic carbocycles. The van der Waals surface area contributed by atoms with Crippen LogP contribution < -0.4 is 5.32 Å². The van der Waals surface area contributed by atoms with Crippen molar-refractivity contribution in [1.82, 2.24) is 4.98 Å². The summed E-state index contributed by atoms with van der Waals surface area (Å²) in [7, 11) is 1.20. The molecule has 0 spiro atoms. The standard InChI is InChI=1S/C13H19N3O5/c1-8(2)6-9(17)7-14-12-11(16(19)20)5-4-10(15-12)13(18)21-3/h4-5,8-9,17H,6-7H2,1-3H3,(H,14,15). The minimum absolute atomic E-state index is 0.0380. The van der Waals surface area contributed by atoms with Crippen molar-refractivity contribution < 1.29 is 19.6 Å². The third-order valence-corrected chi connectivity index (χ3v) is 2.71. The molecular formula is C13H19N3O5. The smallest absolute Gasteiger partial charge is 0.356 e. The summed E-state index contributed by atoms with van der Waals surface area (Å²) in [5.41, 5.74) is -0.302. The molecule has 0 aliphatic rings. The summed E-state index contributed by atoms with van der Waals surface area (Å²) in [4.78, 5) is 25.6. The van der Waals surface area contributed by atoms with Gasteiger partial charge in [-0.2, -0.15) is 0 Å². The van der Waals surface area contributed by atoms with Crippen LogP contribution in [0.25, 0.3) is 0 Å². The van der Waals surface area contributed by atoms with E-state index in [0.29, 0.717) is 12.3 Å². The van der Waals surface area contributed by atoms with Gasteiger partial charge in [0, 0.05) is 12.6 Å². The highest BCUT2D eigenvalue weighted by molar-refractivity contribution is 5.88. The predicted molar refractivity (Wildman–Crippen MR) is 76.2 cm³/mol. The molecule has 1 rings (SSSR count). The number of hydrogen-bond acceptors (Lipinski definition) is 7. The van der Waals surface area contributed by atoms with Crippen molar-refractivity contribution in [2.24, 2.45) is 5.92 Å².